The van der Waals surface area contributed by atoms with Gasteiger partial charge in [0.15, 0.2) is 6.10 Å². The van der Waals surface area contributed by atoms with Crippen LogP contribution in [-0.4, -0.2) is 34.4 Å². The van der Waals surface area contributed by atoms with E-state index in [4.69, 9.17) is 10.2 Å². The lowest BCUT2D eigenvalue weighted by molar-refractivity contribution is -0.153. The Balaban J connectivity index is 2.90. The Morgan fingerprint density at radius 1 is 1.40 bits per heavy atom. The first-order valence-corrected chi connectivity index (χ1v) is 4.43. The normalized spacial score (nSPS) is 14.3. The van der Waals surface area contributed by atoms with Crippen molar-refractivity contribution in [2.75, 3.05) is 12.4 Å². The second kappa shape index (κ2) is 4.77. The summed E-state index contributed by atoms with van der Waals surface area (Å²) in [4.78, 5) is 10.4. The SMILES string of the molecule is CNc1cccc(C(O)C(O)C(=O)O)c1. The number of benzene rings is 1. The van der Waals surface area contributed by atoms with E-state index in [2.05, 4.69) is 5.32 Å². The molecule has 0 fully saturated rings. The van der Waals surface area contributed by atoms with Gasteiger partial charge in [0.1, 0.15) is 6.10 Å². The van der Waals surface area contributed by atoms with E-state index in [1.165, 1.54) is 0 Å². The second-order valence-electron chi connectivity index (χ2n) is 3.10. The van der Waals surface area contributed by atoms with E-state index in [0.29, 0.717) is 5.56 Å². The van der Waals surface area contributed by atoms with Gasteiger partial charge in [0.2, 0.25) is 0 Å². The van der Waals surface area contributed by atoms with Crippen LogP contribution in [0.15, 0.2) is 24.3 Å². The van der Waals surface area contributed by atoms with Gasteiger partial charge in [-0.25, -0.2) is 4.79 Å². The quantitative estimate of drug-likeness (QED) is 0.571. The number of carbonyl (C=O) groups is 1. The lowest BCUT2D eigenvalue weighted by atomic mass is 10.0. The molecule has 0 aromatic heterocycles. The first-order valence-electron chi connectivity index (χ1n) is 4.43. The molecule has 0 aliphatic carbocycles. The molecular weight excluding hydrogens is 198 g/mol. The van der Waals surface area contributed by atoms with E-state index in [1.54, 1.807) is 31.3 Å². The van der Waals surface area contributed by atoms with Crippen LogP contribution in [0.1, 0.15) is 11.7 Å². The Bertz CT molecular complexity index is 353. The van der Waals surface area contributed by atoms with E-state index >= 15 is 0 Å². The summed E-state index contributed by atoms with van der Waals surface area (Å²) in [6.07, 6.45) is -3.23. The molecule has 1 aromatic carbocycles. The molecule has 4 N–H and O–H groups in total. The first-order chi connectivity index (χ1) is 7.06. The van der Waals surface area contributed by atoms with Crippen molar-refractivity contribution in [2.45, 2.75) is 12.2 Å². The highest BCUT2D eigenvalue weighted by atomic mass is 16.4. The molecule has 82 valence electrons. The van der Waals surface area contributed by atoms with E-state index < -0.39 is 18.2 Å². The molecule has 0 aliphatic rings. The van der Waals surface area contributed by atoms with Crippen LogP contribution in [0.3, 0.4) is 0 Å². The number of carboxylic acids is 1. The van der Waals surface area contributed by atoms with Crippen LogP contribution >= 0.6 is 0 Å². The lowest BCUT2D eigenvalue weighted by Crippen LogP contribution is -2.27. The zero-order chi connectivity index (χ0) is 11.4. The monoisotopic (exact) mass is 211 g/mol. The molecule has 0 saturated heterocycles. The molecule has 5 heteroatoms. The number of aliphatic hydroxyl groups excluding tert-OH is 2. The Morgan fingerprint density at radius 3 is 2.60 bits per heavy atom. The number of carboxylic acid groups (broad SMARTS) is 1. The van der Waals surface area contributed by atoms with Gasteiger partial charge in [-0.05, 0) is 17.7 Å². The number of nitrogens with one attached hydrogen (secondary N) is 1. The van der Waals surface area contributed by atoms with Crippen LogP contribution in [0, 0.1) is 0 Å². The zero-order valence-electron chi connectivity index (χ0n) is 8.21. The van der Waals surface area contributed by atoms with Crippen molar-refractivity contribution in [1.82, 2.24) is 0 Å². The number of anilines is 1. The average molecular weight is 211 g/mol. The van der Waals surface area contributed by atoms with Crippen LogP contribution in [-0.2, 0) is 4.79 Å². The number of aliphatic carboxylic acids is 1. The zero-order valence-corrected chi connectivity index (χ0v) is 8.21. The van der Waals surface area contributed by atoms with Gasteiger partial charge in [0.25, 0.3) is 0 Å². The highest BCUT2D eigenvalue weighted by Crippen LogP contribution is 2.20. The lowest BCUT2D eigenvalue weighted by Gasteiger charge is -2.15. The molecule has 0 radical (unpaired) electrons. The van der Waals surface area contributed by atoms with E-state index in [1.807, 2.05) is 0 Å². The molecular formula is C10H13NO4. The summed E-state index contributed by atoms with van der Waals surface area (Å²) in [5, 5.41) is 30.0. The standard InChI is InChI=1S/C10H13NO4/c1-11-7-4-2-3-6(5-7)8(12)9(13)10(14)15/h2-5,8-9,11-13H,1H3,(H,14,15). The van der Waals surface area contributed by atoms with Crippen molar-refractivity contribution in [1.29, 1.82) is 0 Å². The predicted molar refractivity (Wildman–Crippen MR) is 54.6 cm³/mol. The van der Waals surface area contributed by atoms with Gasteiger partial charge in [0.05, 0.1) is 0 Å². The van der Waals surface area contributed by atoms with Gasteiger partial charge in [0, 0.05) is 12.7 Å². The van der Waals surface area contributed by atoms with E-state index in [0.717, 1.165) is 5.69 Å². The van der Waals surface area contributed by atoms with Crippen molar-refractivity contribution in [3.05, 3.63) is 29.8 Å². The number of aliphatic hydroxyl groups is 2. The van der Waals surface area contributed by atoms with Crippen LogP contribution in [0.2, 0.25) is 0 Å². The van der Waals surface area contributed by atoms with Crippen molar-refractivity contribution in [2.24, 2.45) is 0 Å². The van der Waals surface area contributed by atoms with Gasteiger partial charge in [-0.1, -0.05) is 12.1 Å². The molecule has 0 amide bonds. The maximum atomic E-state index is 10.4. The Kier molecular flexibility index (Phi) is 3.65. The maximum absolute atomic E-state index is 10.4. The molecule has 1 rings (SSSR count). The van der Waals surface area contributed by atoms with Crippen molar-refractivity contribution in [3.63, 3.8) is 0 Å². The minimum Gasteiger partial charge on any atom is -0.479 e. The number of hydrogen-bond donors (Lipinski definition) is 4. The van der Waals surface area contributed by atoms with Gasteiger partial charge in [-0.15, -0.1) is 0 Å². The molecule has 5 nitrogen and oxygen atoms in total. The molecule has 0 heterocycles. The predicted octanol–water partition coefficient (Wildman–Crippen LogP) is 0.207. The van der Waals surface area contributed by atoms with Gasteiger partial charge in [-0.2, -0.15) is 0 Å². The van der Waals surface area contributed by atoms with Gasteiger partial charge >= 0.3 is 5.97 Å². The van der Waals surface area contributed by atoms with Crippen molar-refractivity contribution in [3.8, 4) is 0 Å². The number of hydrogen-bond acceptors (Lipinski definition) is 4. The van der Waals surface area contributed by atoms with Crippen LogP contribution in [0.5, 0.6) is 0 Å². The molecule has 0 saturated carbocycles. The topological polar surface area (TPSA) is 89.8 Å². The summed E-state index contributed by atoms with van der Waals surface area (Å²) in [5.41, 5.74) is 1.10. The molecule has 2 unspecified atom stereocenters. The average Bonchev–Trinajstić information content (AvgIpc) is 2.27. The third-order valence-electron chi connectivity index (χ3n) is 2.07. The third kappa shape index (κ3) is 2.68. The second-order valence-corrected chi connectivity index (χ2v) is 3.10. The van der Waals surface area contributed by atoms with Crippen molar-refractivity contribution < 1.29 is 20.1 Å². The van der Waals surface area contributed by atoms with Crippen molar-refractivity contribution >= 4 is 11.7 Å². The Labute approximate surface area is 87.0 Å². The summed E-state index contributed by atoms with van der Waals surface area (Å²) in [7, 11) is 1.71. The van der Waals surface area contributed by atoms with Gasteiger partial charge < -0.3 is 20.6 Å². The molecule has 0 spiro atoms. The minimum atomic E-state index is -1.81. The fraction of sp³-hybridized carbons (Fsp3) is 0.300. The van der Waals surface area contributed by atoms with Gasteiger partial charge in [-0.3, -0.25) is 0 Å². The van der Waals surface area contributed by atoms with E-state index in [-0.39, 0.29) is 0 Å². The summed E-state index contributed by atoms with van der Waals surface area (Å²) < 4.78 is 0. The van der Waals surface area contributed by atoms with Crippen LogP contribution in [0.25, 0.3) is 0 Å². The Hall–Kier alpha value is -1.59. The largest absolute Gasteiger partial charge is 0.479 e. The van der Waals surface area contributed by atoms with Crippen LogP contribution in [0.4, 0.5) is 5.69 Å². The summed E-state index contributed by atoms with van der Waals surface area (Å²) in [6, 6.07) is 6.57. The summed E-state index contributed by atoms with van der Waals surface area (Å²) in [5.74, 6) is -1.45. The molecule has 0 bridgehead atoms. The smallest absolute Gasteiger partial charge is 0.335 e. The molecule has 1 aromatic rings. The van der Waals surface area contributed by atoms with E-state index in [9.17, 15) is 9.90 Å². The minimum absolute atomic E-state index is 0.358. The fourth-order valence-electron chi connectivity index (χ4n) is 1.20. The molecule has 2 atom stereocenters. The summed E-state index contributed by atoms with van der Waals surface area (Å²) in [6.45, 7) is 0. The Morgan fingerprint density at radius 2 is 2.07 bits per heavy atom. The third-order valence-corrected chi connectivity index (χ3v) is 2.07. The maximum Gasteiger partial charge on any atom is 0.335 e. The van der Waals surface area contributed by atoms with Crippen LogP contribution < -0.4 is 5.32 Å². The number of rotatable bonds is 4. The highest BCUT2D eigenvalue weighted by molar-refractivity contribution is 5.73. The summed E-state index contributed by atoms with van der Waals surface area (Å²) >= 11 is 0. The molecule has 15 heavy (non-hydrogen) atoms. The molecule has 0 aliphatic heterocycles. The fourth-order valence-corrected chi connectivity index (χ4v) is 1.20. The first kappa shape index (κ1) is 11.5. The highest BCUT2D eigenvalue weighted by Gasteiger charge is 2.24.